The van der Waals surface area contributed by atoms with E-state index in [0.29, 0.717) is 6.42 Å². The van der Waals surface area contributed by atoms with Gasteiger partial charge in [-0.2, -0.15) is 0 Å². The predicted molar refractivity (Wildman–Crippen MR) is 55.9 cm³/mol. The number of ketones is 2. The van der Waals surface area contributed by atoms with E-state index in [0.717, 1.165) is 19.3 Å². The molecule has 0 heterocycles. The van der Waals surface area contributed by atoms with Gasteiger partial charge in [0.25, 0.3) is 0 Å². The van der Waals surface area contributed by atoms with Gasteiger partial charge in [-0.1, -0.05) is 24.6 Å². The molecule has 0 aromatic heterocycles. The summed E-state index contributed by atoms with van der Waals surface area (Å²) in [5, 5.41) is 0. The lowest BCUT2D eigenvalue weighted by Crippen LogP contribution is -2.25. The third-order valence-electron chi connectivity index (χ3n) is 2.46. The summed E-state index contributed by atoms with van der Waals surface area (Å²) in [6.07, 6.45) is 10.1. The molecular weight excluding hydrogens is 176 g/mol. The number of hydrogen-bond donors (Lipinski definition) is 0. The first-order chi connectivity index (χ1) is 6.75. The van der Waals surface area contributed by atoms with Gasteiger partial charge >= 0.3 is 0 Å². The van der Waals surface area contributed by atoms with Crippen LogP contribution in [0, 0.1) is 5.92 Å². The molecule has 1 unspecified atom stereocenters. The normalized spacial score (nSPS) is 23.5. The fraction of sp³-hybridized carbons (Fsp3) is 0.500. The zero-order valence-corrected chi connectivity index (χ0v) is 8.53. The molecule has 1 atom stereocenters. The minimum atomic E-state index is -0.356. The molecule has 2 nitrogen and oxygen atoms in total. The molecule has 0 aromatic carbocycles. The predicted octanol–water partition coefficient (Wildman–Crippen LogP) is 2.45. The number of rotatable bonds is 3. The average molecular weight is 192 g/mol. The second kappa shape index (κ2) is 5.53. The Bertz CT molecular complexity index is 274. The third kappa shape index (κ3) is 2.95. The van der Waals surface area contributed by atoms with Crippen molar-refractivity contribution in [2.75, 3.05) is 0 Å². The third-order valence-corrected chi connectivity index (χ3v) is 2.46. The number of hydrogen-bond acceptors (Lipinski definition) is 2. The molecule has 1 saturated carbocycles. The maximum Gasteiger partial charge on any atom is 0.166 e. The van der Waals surface area contributed by atoms with E-state index in [2.05, 4.69) is 0 Å². The van der Waals surface area contributed by atoms with E-state index in [1.54, 1.807) is 12.2 Å². The zero-order chi connectivity index (χ0) is 10.4. The topological polar surface area (TPSA) is 34.1 Å². The Balaban J connectivity index is 2.54. The van der Waals surface area contributed by atoms with Crippen LogP contribution >= 0.6 is 0 Å². The van der Waals surface area contributed by atoms with Crippen LogP contribution in [0.25, 0.3) is 0 Å². The summed E-state index contributed by atoms with van der Waals surface area (Å²) < 4.78 is 0. The Morgan fingerprint density at radius 2 is 2.14 bits per heavy atom. The van der Waals surface area contributed by atoms with E-state index in [9.17, 15) is 9.59 Å². The first kappa shape index (κ1) is 10.9. The fourth-order valence-corrected chi connectivity index (χ4v) is 1.66. The van der Waals surface area contributed by atoms with Crippen molar-refractivity contribution in [3.05, 3.63) is 24.3 Å². The van der Waals surface area contributed by atoms with E-state index < -0.39 is 0 Å². The standard InChI is InChI=1S/C12H16O2/c1-2-3-4-8-11(13)10-7-5-6-9-12(10)14/h2-4,8,10H,5-7,9H2,1H3. The smallest absolute Gasteiger partial charge is 0.166 e. The van der Waals surface area contributed by atoms with Crippen LogP contribution in [0.3, 0.4) is 0 Å². The Hall–Kier alpha value is -1.18. The summed E-state index contributed by atoms with van der Waals surface area (Å²) in [7, 11) is 0. The van der Waals surface area contributed by atoms with Gasteiger partial charge in [0.1, 0.15) is 5.78 Å². The summed E-state index contributed by atoms with van der Waals surface area (Å²) in [5.74, 6) is -0.274. The average Bonchev–Trinajstić information content (AvgIpc) is 2.18. The van der Waals surface area contributed by atoms with Gasteiger partial charge in [0.15, 0.2) is 5.78 Å². The Morgan fingerprint density at radius 1 is 1.36 bits per heavy atom. The molecule has 2 heteroatoms. The van der Waals surface area contributed by atoms with Crippen molar-refractivity contribution < 1.29 is 9.59 Å². The van der Waals surface area contributed by atoms with Crippen LogP contribution in [0.4, 0.5) is 0 Å². The van der Waals surface area contributed by atoms with Crippen molar-refractivity contribution in [1.29, 1.82) is 0 Å². The summed E-state index contributed by atoms with van der Waals surface area (Å²) in [6, 6.07) is 0. The molecule has 0 N–H and O–H groups in total. The molecule has 76 valence electrons. The van der Waals surface area contributed by atoms with Crippen molar-refractivity contribution in [2.24, 2.45) is 5.92 Å². The van der Waals surface area contributed by atoms with Crippen molar-refractivity contribution in [1.82, 2.24) is 0 Å². The van der Waals surface area contributed by atoms with Crippen LogP contribution in [0.15, 0.2) is 24.3 Å². The molecule has 0 radical (unpaired) electrons. The molecular formula is C12H16O2. The Labute approximate surface area is 84.7 Å². The molecule has 0 aliphatic heterocycles. The maximum atomic E-state index is 11.5. The van der Waals surface area contributed by atoms with Crippen molar-refractivity contribution in [3.8, 4) is 0 Å². The van der Waals surface area contributed by atoms with Crippen molar-refractivity contribution in [3.63, 3.8) is 0 Å². The van der Waals surface area contributed by atoms with Crippen LogP contribution in [-0.4, -0.2) is 11.6 Å². The second-order valence-corrected chi connectivity index (χ2v) is 3.55. The molecule has 14 heavy (non-hydrogen) atoms. The van der Waals surface area contributed by atoms with Crippen LogP contribution in [0.1, 0.15) is 32.6 Å². The second-order valence-electron chi connectivity index (χ2n) is 3.55. The first-order valence-corrected chi connectivity index (χ1v) is 5.11. The van der Waals surface area contributed by atoms with Gasteiger partial charge in [0, 0.05) is 6.42 Å². The van der Waals surface area contributed by atoms with Crippen LogP contribution in [-0.2, 0) is 9.59 Å². The van der Waals surface area contributed by atoms with Crippen LogP contribution in [0.5, 0.6) is 0 Å². The van der Waals surface area contributed by atoms with Crippen LogP contribution < -0.4 is 0 Å². The highest BCUT2D eigenvalue weighted by molar-refractivity contribution is 6.07. The molecule has 1 aliphatic carbocycles. The first-order valence-electron chi connectivity index (χ1n) is 5.11. The highest BCUT2D eigenvalue weighted by Crippen LogP contribution is 2.21. The SMILES string of the molecule is CC=CC=CC(=O)C1CCCCC1=O. The Kier molecular flexibility index (Phi) is 4.30. The highest BCUT2D eigenvalue weighted by Gasteiger charge is 2.26. The van der Waals surface area contributed by atoms with E-state index in [4.69, 9.17) is 0 Å². The molecule has 1 rings (SSSR count). The van der Waals surface area contributed by atoms with E-state index >= 15 is 0 Å². The monoisotopic (exact) mass is 192 g/mol. The number of Topliss-reactive ketones (excluding diaryl/α,β-unsaturated/α-hetero) is 1. The quantitative estimate of drug-likeness (QED) is 0.391. The Morgan fingerprint density at radius 3 is 2.79 bits per heavy atom. The van der Waals surface area contributed by atoms with E-state index in [1.165, 1.54) is 6.08 Å². The molecule has 1 aliphatic rings. The van der Waals surface area contributed by atoms with Gasteiger partial charge in [-0.3, -0.25) is 9.59 Å². The lowest BCUT2D eigenvalue weighted by molar-refractivity contribution is -0.131. The summed E-state index contributed by atoms with van der Waals surface area (Å²) >= 11 is 0. The van der Waals surface area contributed by atoms with E-state index in [1.807, 2.05) is 13.0 Å². The van der Waals surface area contributed by atoms with Gasteiger partial charge in [-0.25, -0.2) is 0 Å². The van der Waals surface area contributed by atoms with Gasteiger partial charge in [-0.15, -0.1) is 0 Å². The van der Waals surface area contributed by atoms with Crippen LogP contribution in [0.2, 0.25) is 0 Å². The highest BCUT2D eigenvalue weighted by atomic mass is 16.1. The molecule has 0 spiro atoms. The summed E-state index contributed by atoms with van der Waals surface area (Å²) in [6.45, 7) is 1.89. The maximum absolute atomic E-state index is 11.5. The number of carbonyl (C=O) groups is 2. The lowest BCUT2D eigenvalue weighted by Gasteiger charge is -2.17. The molecule has 0 amide bonds. The van der Waals surface area contributed by atoms with Gasteiger partial charge < -0.3 is 0 Å². The zero-order valence-electron chi connectivity index (χ0n) is 8.53. The fourth-order valence-electron chi connectivity index (χ4n) is 1.66. The molecule has 0 saturated heterocycles. The molecule has 1 fully saturated rings. The largest absolute Gasteiger partial charge is 0.299 e. The minimum Gasteiger partial charge on any atom is -0.299 e. The minimum absolute atomic E-state index is 0.0344. The van der Waals surface area contributed by atoms with Gasteiger partial charge in [0.05, 0.1) is 5.92 Å². The van der Waals surface area contributed by atoms with Gasteiger partial charge in [-0.05, 0) is 25.8 Å². The number of carbonyl (C=O) groups excluding carboxylic acids is 2. The van der Waals surface area contributed by atoms with Crippen molar-refractivity contribution >= 4 is 11.6 Å². The van der Waals surface area contributed by atoms with E-state index in [-0.39, 0.29) is 17.5 Å². The summed E-state index contributed by atoms with van der Waals surface area (Å²) in [4.78, 5) is 22.9. The lowest BCUT2D eigenvalue weighted by atomic mass is 9.85. The molecule has 0 bridgehead atoms. The summed E-state index contributed by atoms with van der Waals surface area (Å²) in [5.41, 5.74) is 0. The van der Waals surface area contributed by atoms with Gasteiger partial charge in [0.2, 0.25) is 0 Å². The van der Waals surface area contributed by atoms with Crippen molar-refractivity contribution in [2.45, 2.75) is 32.6 Å². The number of allylic oxidation sites excluding steroid dienone is 4. The molecule has 0 aromatic rings.